The molecule has 3 aromatic heterocycles. The molecule has 0 fully saturated rings. The SMILES string of the molecule is COc1ccc(CCS(=O)(=O)Nc2nn(C)c3c(-n4c([C@H](Cc5cc(F)cc(F)c5)NC(=O)O)nc5nc(OCc6ccccc6)ccc5c4=O)ccc(Cl)c23)cc1. The van der Waals surface area contributed by atoms with Gasteiger partial charge in [-0.15, -0.1) is 0 Å². The second-order valence-corrected chi connectivity index (χ2v) is 15.4. The van der Waals surface area contributed by atoms with Crippen molar-refractivity contribution in [2.24, 2.45) is 7.05 Å². The van der Waals surface area contributed by atoms with Gasteiger partial charge >= 0.3 is 6.09 Å². The first-order chi connectivity index (χ1) is 27.8. The van der Waals surface area contributed by atoms with Crippen LogP contribution >= 0.6 is 11.6 Å². The molecular formula is C40H34ClF2N7O7S. The van der Waals surface area contributed by atoms with Crippen LogP contribution in [0.2, 0.25) is 5.02 Å². The summed E-state index contributed by atoms with van der Waals surface area (Å²) in [5, 5.41) is 17.0. The Balaban J connectivity index is 1.36. The Hall–Kier alpha value is -6.59. The van der Waals surface area contributed by atoms with Crippen LogP contribution in [-0.2, 0) is 36.5 Å². The van der Waals surface area contributed by atoms with Crippen LogP contribution in [0.15, 0.2) is 102 Å². The lowest BCUT2D eigenvalue weighted by Gasteiger charge is -2.22. The molecule has 0 saturated carbocycles. The van der Waals surface area contributed by atoms with Crippen molar-refractivity contribution in [3.8, 4) is 17.3 Å². The maximum Gasteiger partial charge on any atom is 0.405 e. The monoisotopic (exact) mass is 829 g/mol. The average molecular weight is 830 g/mol. The van der Waals surface area contributed by atoms with Crippen molar-refractivity contribution in [2.75, 3.05) is 17.6 Å². The zero-order valence-electron chi connectivity index (χ0n) is 30.8. The van der Waals surface area contributed by atoms with Crippen molar-refractivity contribution in [1.29, 1.82) is 0 Å². The lowest BCUT2D eigenvalue weighted by Crippen LogP contribution is -2.35. The van der Waals surface area contributed by atoms with Crippen LogP contribution in [0.25, 0.3) is 27.6 Å². The minimum Gasteiger partial charge on any atom is -0.497 e. The number of anilines is 1. The zero-order chi connectivity index (χ0) is 41.1. The van der Waals surface area contributed by atoms with Crippen LogP contribution in [0.1, 0.15) is 28.6 Å². The van der Waals surface area contributed by atoms with E-state index in [2.05, 4.69) is 25.1 Å². The highest BCUT2D eigenvalue weighted by atomic mass is 35.5. The van der Waals surface area contributed by atoms with Crippen LogP contribution in [0.3, 0.4) is 0 Å². The van der Waals surface area contributed by atoms with E-state index in [1.807, 2.05) is 30.3 Å². The van der Waals surface area contributed by atoms with Gasteiger partial charge < -0.3 is 19.9 Å². The first-order valence-electron chi connectivity index (χ1n) is 17.6. The largest absolute Gasteiger partial charge is 0.497 e. The fourth-order valence-electron chi connectivity index (χ4n) is 6.52. The fraction of sp³-hybridized carbons (Fsp3) is 0.175. The van der Waals surface area contributed by atoms with Gasteiger partial charge in [-0.2, -0.15) is 10.1 Å². The number of aromatic nitrogens is 5. The van der Waals surface area contributed by atoms with E-state index in [0.717, 1.165) is 27.8 Å². The van der Waals surface area contributed by atoms with Gasteiger partial charge in [-0.25, -0.2) is 27.0 Å². The van der Waals surface area contributed by atoms with Crippen molar-refractivity contribution in [3.05, 3.63) is 147 Å². The maximum atomic E-state index is 14.7. The Morgan fingerprint density at radius 1 is 0.931 bits per heavy atom. The number of hydrogen-bond acceptors (Lipinski definition) is 9. The molecule has 1 atom stereocenters. The summed E-state index contributed by atoms with van der Waals surface area (Å²) in [6.45, 7) is 0.147. The molecule has 0 unspecified atom stereocenters. The van der Waals surface area contributed by atoms with Gasteiger partial charge in [0.05, 0.1) is 45.9 Å². The first kappa shape index (κ1) is 39.6. The second-order valence-electron chi connectivity index (χ2n) is 13.2. The standard InChI is InChI=1S/C40H34ClF2N7O7S/c1-49-35-32(14-13-30(41)34(35)37(47-49)48-58(54,55)17-16-23-8-10-28(56-2)11-9-23)50-38(31(44-40(52)53)20-25-18-26(42)21-27(43)19-25)46-36-29(39(50)51)12-15-33(45-36)57-22-24-6-4-3-5-7-24/h3-15,18-19,21,31,44H,16-17,20,22H2,1-2H3,(H,47,48)(H,52,53)/t31-/m0/s1. The molecule has 0 spiro atoms. The van der Waals surface area contributed by atoms with Crippen LogP contribution < -0.4 is 25.1 Å². The Morgan fingerprint density at radius 2 is 1.66 bits per heavy atom. The molecule has 0 saturated heterocycles. The van der Waals surface area contributed by atoms with Crippen molar-refractivity contribution in [3.63, 3.8) is 0 Å². The van der Waals surface area contributed by atoms with E-state index >= 15 is 0 Å². The van der Waals surface area contributed by atoms with E-state index in [9.17, 15) is 31.9 Å². The predicted octanol–water partition coefficient (Wildman–Crippen LogP) is 6.72. The summed E-state index contributed by atoms with van der Waals surface area (Å²) in [5.74, 6) is -1.71. The number of fused-ring (bicyclic) bond motifs is 2. The minimum absolute atomic E-state index is 0.00594. The van der Waals surface area contributed by atoms with Crippen LogP contribution in [0, 0.1) is 11.6 Å². The Bertz CT molecular complexity index is 2820. The molecule has 58 heavy (non-hydrogen) atoms. The van der Waals surface area contributed by atoms with Gasteiger partial charge in [-0.3, -0.25) is 18.8 Å². The molecule has 0 aliphatic rings. The van der Waals surface area contributed by atoms with Gasteiger partial charge in [0, 0.05) is 25.6 Å². The fourth-order valence-corrected chi connectivity index (χ4v) is 7.80. The van der Waals surface area contributed by atoms with E-state index in [1.165, 1.54) is 43.1 Å². The number of nitrogens with one attached hydrogen (secondary N) is 2. The summed E-state index contributed by atoms with van der Waals surface area (Å²) < 4.78 is 71.6. The number of ether oxygens (including phenoxy) is 2. The number of sulfonamides is 1. The molecule has 3 heterocycles. The summed E-state index contributed by atoms with van der Waals surface area (Å²) in [5.41, 5.74) is 1.09. The molecule has 0 aliphatic carbocycles. The van der Waals surface area contributed by atoms with Gasteiger partial charge in [0.25, 0.3) is 5.56 Å². The number of methoxy groups -OCH3 is 1. The summed E-state index contributed by atoms with van der Waals surface area (Å²) in [4.78, 5) is 36.1. The molecule has 18 heteroatoms. The molecule has 298 valence electrons. The molecule has 3 N–H and O–H groups in total. The third-order valence-corrected chi connectivity index (χ3v) is 10.7. The van der Waals surface area contributed by atoms with Gasteiger partial charge in [0.15, 0.2) is 11.5 Å². The van der Waals surface area contributed by atoms with Crippen molar-refractivity contribution >= 4 is 55.5 Å². The normalized spacial score (nSPS) is 12.1. The maximum absolute atomic E-state index is 14.7. The number of benzene rings is 4. The number of carbonyl (C=O) groups is 1. The lowest BCUT2D eigenvalue weighted by atomic mass is 10.0. The molecule has 0 bridgehead atoms. The number of nitrogens with zero attached hydrogens (tertiary/aromatic N) is 5. The molecular weight excluding hydrogens is 796 g/mol. The number of aryl methyl sites for hydroxylation is 2. The van der Waals surface area contributed by atoms with Crippen LogP contribution in [0.4, 0.5) is 19.4 Å². The van der Waals surface area contributed by atoms with Crippen LogP contribution in [0.5, 0.6) is 11.6 Å². The number of amides is 1. The highest BCUT2D eigenvalue weighted by Crippen LogP contribution is 2.36. The molecule has 7 rings (SSSR count). The average Bonchev–Trinajstić information content (AvgIpc) is 3.51. The van der Waals surface area contributed by atoms with E-state index in [0.29, 0.717) is 11.8 Å². The third-order valence-electron chi connectivity index (χ3n) is 9.16. The number of pyridine rings is 1. The summed E-state index contributed by atoms with van der Waals surface area (Å²) >= 11 is 6.71. The summed E-state index contributed by atoms with van der Waals surface area (Å²) in [6, 6.07) is 23.4. The number of halogens is 3. The highest BCUT2D eigenvalue weighted by molar-refractivity contribution is 7.92. The molecule has 14 nitrogen and oxygen atoms in total. The van der Waals surface area contributed by atoms with E-state index < -0.39 is 39.4 Å². The molecule has 7 aromatic rings. The smallest absolute Gasteiger partial charge is 0.405 e. The van der Waals surface area contributed by atoms with Crippen molar-refractivity contribution in [2.45, 2.75) is 25.5 Å². The Morgan fingerprint density at radius 3 is 2.34 bits per heavy atom. The highest BCUT2D eigenvalue weighted by Gasteiger charge is 2.28. The predicted molar refractivity (Wildman–Crippen MR) is 213 cm³/mol. The van der Waals surface area contributed by atoms with Gasteiger partial charge in [0.1, 0.15) is 29.8 Å². The number of hydrogen-bond donors (Lipinski definition) is 3. The van der Waals surface area contributed by atoms with Gasteiger partial charge in [-0.1, -0.05) is 54.1 Å². The first-order valence-corrected chi connectivity index (χ1v) is 19.7. The molecule has 1 amide bonds. The van der Waals surface area contributed by atoms with E-state index in [4.69, 9.17) is 21.1 Å². The Labute approximate surface area is 334 Å². The summed E-state index contributed by atoms with van der Waals surface area (Å²) in [7, 11) is -0.974. The quantitative estimate of drug-likeness (QED) is 0.107. The van der Waals surface area contributed by atoms with Gasteiger partial charge in [-0.05, 0) is 65.6 Å². The van der Waals surface area contributed by atoms with Crippen molar-refractivity contribution < 1.29 is 36.6 Å². The summed E-state index contributed by atoms with van der Waals surface area (Å²) in [6.07, 6.45) is -1.71. The van der Waals surface area contributed by atoms with Gasteiger partial charge in [0.2, 0.25) is 15.9 Å². The topological polar surface area (TPSA) is 180 Å². The molecule has 4 aromatic carbocycles. The third kappa shape index (κ3) is 8.69. The molecule has 0 aliphatic heterocycles. The minimum atomic E-state index is -4.01. The van der Waals surface area contributed by atoms with E-state index in [1.54, 1.807) is 24.3 Å². The number of rotatable bonds is 14. The second kappa shape index (κ2) is 16.5. The molecule has 0 radical (unpaired) electrons. The number of carboxylic acid groups (broad SMARTS) is 1. The zero-order valence-corrected chi connectivity index (χ0v) is 32.4. The van der Waals surface area contributed by atoms with E-state index in [-0.39, 0.29) is 80.9 Å². The lowest BCUT2D eigenvalue weighted by molar-refractivity contribution is 0.189. The van der Waals surface area contributed by atoms with Crippen molar-refractivity contribution in [1.82, 2.24) is 29.6 Å². The van der Waals surface area contributed by atoms with Crippen LogP contribution in [-0.4, -0.2) is 56.8 Å². The Kier molecular flexibility index (Phi) is 11.3.